The number of aromatic nitrogens is 3. The Bertz CT molecular complexity index is 352. The lowest BCUT2D eigenvalue weighted by molar-refractivity contribution is 1.09. The van der Waals surface area contributed by atoms with E-state index in [2.05, 4.69) is 37.8 Å². The molecular formula is C8H6IN3. The van der Waals surface area contributed by atoms with Gasteiger partial charge in [-0.25, -0.2) is 4.98 Å². The van der Waals surface area contributed by atoms with Crippen molar-refractivity contribution in [3.63, 3.8) is 0 Å². The Morgan fingerprint density at radius 3 is 2.67 bits per heavy atom. The number of nitrogens with one attached hydrogen (secondary N) is 1. The molecule has 0 aliphatic carbocycles. The van der Waals surface area contributed by atoms with Crippen LogP contribution in [0.25, 0.3) is 11.1 Å². The Balaban J connectivity index is 2.43. The van der Waals surface area contributed by atoms with E-state index in [9.17, 15) is 0 Å². The largest absolute Gasteiger partial charge is 0.285 e. The molecule has 0 saturated heterocycles. The number of H-pyrrole nitrogens is 1. The van der Waals surface area contributed by atoms with Crippen molar-refractivity contribution in [3.8, 4) is 11.1 Å². The molecule has 2 heterocycles. The number of nitrogens with zero attached hydrogens (tertiary/aromatic N) is 2. The van der Waals surface area contributed by atoms with Crippen LogP contribution in [0.3, 0.4) is 0 Å². The molecule has 0 spiro atoms. The highest BCUT2D eigenvalue weighted by atomic mass is 127. The molecule has 0 unspecified atom stereocenters. The van der Waals surface area contributed by atoms with E-state index >= 15 is 0 Å². The summed E-state index contributed by atoms with van der Waals surface area (Å²) in [6.45, 7) is 0. The zero-order valence-electron chi connectivity index (χ0n) is 6.16. The van der Waals surface area contributed by atoms with Crippen molar-refractivity contribution < 1.29 is 0 Å². The summed E-state index contributed by atoms with van der Waals surface area (Å²) in [5.74, 6) is 0. The highest BCUT2D eigenvalue weighted by Gasteiger charge is 1.97. The predicted molar refractivity (Wildman–Crippen MR) is 54.5 cm³/mol. The average molecular weight is 271 g/mol. The highest BCUT2D eigenvalue weighted by Crippen LogP contribution is 2.16. The van der Waals surface area contributed by atoms with Crippen molar-refractivity contribution in [1.82, 2.24) is 15.2 Å². The van der Waals surface area contributed by atoms with Crippen molar-refractivity contribution in [2.75, 3.05) is 0 Å². The second-order valence-electron chi connectivity index (χ2n) is 2.36. The molecule has 0 radical (unpaired) electrons. The van der Waals surface area contributed by atoms with Crippen LogP contribution in [0.15, 0.2) is 30.7 Å². The summed E-state index contributed by atoms with van der Waals surface area (Å²) in [4.78, 5) is 4.18. The number of halogens is 1. The van der Waals surface area contributed by atoms with Crippen molar-refractivity contribution >= 4 is 22.6 Å². The van der Waals surface area contributed by atoms with Crippen molar-refractivity contribution in [2.24, 2.45) is 0 Å². The molecule has 0 atom stereocenters. The zero-order valence-corrected chi connectivity index (χ0v) is 8.32. The Kier molecular flexibility index (Phi) is 2.07. The lowest BCUT2D eigenvalue weighted by Crippen LogP contribution is -1.79. The molecule has 0 fully saturated rings. The summed E-state index contributed by atoms with van der Waals surface area (Å²) in [5, 5.41) is 6.63. The van der Waals surface area contributed by atoms with Gasteiger partial charge in [-0.1, -0.05) is 6.07 Å². The molecule has 0 bridgehead atoms. The first-order chi connectivity index (χ1) is 5.86. The van der Waals surface area contributed by atoms with Crippen LogP contribution in [-0.2, 0) is 0 Å². The van der Waals surface area contributed by atoms with Gasteiger partial charge in [-0.05, 0) is 28.7 Å². The molecule has 0 aliphatic rings. The summed E-state index contributed by atoms with van der Waals surface area (Å²) in [5.41, 5.74) is 2.16. The fourth-order valence-corrected chi connectivity index (χ4v) is 1.27. The molecule has 12 heavy (non-hydrogen) atoms. The standard InChI is InChI=1S/C8H6IN3/c9-8-2-1-6(3-10-8)7-4-11-12-5-7/h1-5H,(H,11,12). The minimum Gasteiger partial charge on any atom is -0.285 e. The van der Waals surface area contributed by atoms with Gasteiger partial charge >= 0.3 is 0 Å². The minimum atomic E-state index is 1.000. The van der Waals surface area contributed by atoms with Crippen molar-refractivity contribution in [2.45, 2.75) is 0 Å². The number of hydrogen-bond donors (Lipinski definition) is 1. The van der Waals surface area contributed by atoms with Gasteiger partial charge in [0.25, 0.3) is 0 Å². The summed E-state index contributed by atoms with van der Waals surface area (Å²) in [7, 11) is 0. The van der Waals surface area contributed by atoms with Gasteiger partial charge in [0, 0.05) is 23.5 Å². The van der Waals surface area contributed by atoms with Crippen LogP contribution in [-0.4, -0.2) is 15.2 Å². The first-order valence-electron chi connectivity index (χ1n) is 3.47. The molecular weight excluding hydrogens is 265 g/mol. The third-order valence-corrected chi connectivity index (χ3v) is 2.20. The molecule has 2 aromatic heterocycles. The van der Waals surface area contributed by atoms with Crippen LogP contribution < -0.4 is 0 Å². The van der Waals surface area contributed by atoms with Crippen LogP contribution in [0.4, 0.5) is 0 Å². The number of hydrogen-bond acceptors (Lipinski definition) is 2. The molecule has 1 N–H and O–H groups in total. The molecule has 3 nitrogen and oxygen atoms in total. The van der Waals surface area contributed by atoms with Gasteiger partial charge in [-0.15, -0.1) is 0 Å². The molecule has 2 rings (SSSR count). The van der Waals surface area contributed by atoms with Crippen LogP contribution in [0.5, 0.6) is 0 Å². The molecule has 2 aromatic rings. The quantitative estimate of drug-likeness (QED) is 0.637. The fraction of sp³-hybridized carbons (Fsp3) is 0. The van der Waals surface area contributed by atoms with Crippen molar-refractivity contribution in [3.05, 3.63) is 34.4 Å². The van der Waals surface area contributed by atoms with Gasteiger partial charge in [0.05, 0.1) is 6.20 Å². The van der Waals surface area contributed by atoms with Crippen LogP contribution in [0, 0.1) is 3.70 Å². The number of rotatable bonds is 1. The average Bonchev–Trinajstić information content (AvgIpc) is 2.58. The van der Waals surface area contributed by atoms with Crippen LogP contribution in [0.2, 0.25) is 0 Å². The van der Waals surface area contributed by atoms with E-state index in [0.29, 0.717) is 0 Å². The SMILES string of the molecule is Ic1ccc(-c2cn[nH]c2)cn1. The maximum Gasteiger partial charge on any atom is 0.101 e. The third-order valence-electron chi connectivity index (χ3n) is 1.56. The summed E-state index contributed by atoms with van der Waals surface area (Å²) in [6, 6.07) is 4.00. The van der Waals surface area contributed by atoms with E-state index in [1.54, 1.807) is 6.20 Å². The summed E-state index contributed by atoms with van der Waals surface area (Å²) >= 11 is 2.18. The van der Waals surface area contributed by atoms with E-state index in [1.807, 2.05) is 24.5 Å². The first kappa shape index (κ1) is 7.72. The lowest BCUT2D eigenvalue weighted by Gasteiger charge is -1.94. The van der Waals surface area contributed by atoms with E-state index in [4.69, 9.17) is 0 Å². The Morgan fingerprint density at radius 1 is 1.17 bits per heavy atom. The maximum atomic E-state index is 4.18. The van der Waals surface area contributed by atoms with Crippen LogP contribution >= 0.6 is 22.6 Å². The van der Waals surface area contributed by atoms with E-state index in [1.165, 1.54) is 0 Å². The molecule has 0 saturated carbocycles. The number of aromatic amines is 1. The zero-order chi connectivity index (χ0) is 8.39. The van der Waals surface area contributed by atoms with Crippen LogP contribution in [0.1, 0.15) is 0 Å². The summed E-state index contributed by atoms with van der Waals surface area (Å²) in [6.07, 6.45) is 5.47. The van der Waals surface area contributed by atoms with E-state index < -0.39 is 0 Å². The second kappa shape index (κ2) is 3.22. The lowest BCUT2D eigenvalue weighted by atomic mass is 10.2. The van der Waals surface area contributed by atoms with Gasteiger partial charge < -0.3 is 0 Å². The molecule has 4 heteroatoms. The topological polar surface area (TPSA) is 41.6 Å². The first-order valence-corrected chi connectivity index (χ1v) is 4.55. The Hall–Kier alpha value is -0.910. The predicted octanol–water partition coefficient (Wildman–Crippen LogP) is 2.08. The smallest absolute Gasteiger partial charge is 0.101 e. The van der Waals surface area contributed by atoms with Gasteiger partial charge in [0.15, 0.2) is 0 Å². The third kappa shape index (κ3) is 1.47. The minimum absolute atomic E-state index is 1.000. The van der Waals surface area contributed by atoms with E-state index in [0.717, 1.165) is 14.8 Å². The number of pyridine rings is 1. The molecule has 0 aliphatic heterocycles. The maximum absolute atomic E-state index is 4.18. The molecule has 0 aromatic carbocycles. The Labute approximate surface area is 83.4 Å². The molecule has 60 valence electrons. The molecule has 0 amide bonds. The monoisotopic (exact) mass is 271 g/mol. The highest BCUT2D eigenvalue weighted by molar-refractivity contribution is 14.1. The van der Waals surface area contributed by atoms with Crippen molar-refractivity contribution in [1.29, 1.82) is 0 Å². The summed E-state index contributed by atoms with van der Waals surface area (Å²) < 4.78 is 1.000. The second-order valence-corrected chi connectivity index (χ2v) is 3.46. The van der Waals surface area contributed by atoms with E-state index in [-0.39, 0.29) is 0 Å². The van der Waals surface area contributed by atoms with Gasteiger partial charge in [-0.2, -0.15) is 5.10 Å². The normalized spacial score (nSPS) is 10.1. The van der Waals surface area contributed by atoms with Gasteiger partial charge in [0.2, 0.25) is 0 Å². The van der Waals surface area contributed by atoms with Gasteiger partial charge in [-0.3, -0.25) is 5.10 Å². The Morgan fingerprint density at radius 2 is 2.08 bits per heavy atom. The van der Waals surface area contributed by atoms with Gasteiger partial charge in [0.1, 0.15) is 3.70 Å². The fourth-order valence-electron chi connectivity index (χ4n) is 0.955.